The molecule has 0 atom stereocenters. The van der Waals surface area contributed by atoms with Crippen molar-refractivity contribution in [2.45, 2.75) is 6.61 Å². The van der Waals surface area contributed by atoms with Crippen LogP contribution in [0.25, 0.3) is 0 Å². The molecule has 0 saturated carbocycles. The van der Waals surface area contributed by atoms with Crippen LogP contribution < -0.4 is 15.4 Å². The first-order chi connectivity index (χ1) is 14.0. The zero-order chi connectivity index (χ0) is 20.6. The second kappa shape index (κ2) is 9.58. The van der Waals surface area contributed by atoms with Crippen LogP contribution in [-0.4, -0.2) is 12.5 Å². The topological polar surface area (TPSA) is 74.1 Å². The summed E-state index contributed by atoms with van der Waals surface area (Å²) < 4.78 is 18.9. The van der Waals surface area contributed by atoms with Crippen LogP contribution in [0.5, 0.6) is 5.75 Å². The average Bonchev–Trinajstić information content (AvgIpc) is 2.74. The first kappa shape index (κ1) is 20.2. The molecule has 3 aromatic carbocycles. The number of nitrogens with zero attached hydrogens (tertiary/aromatic N) is 1. The van der Waals surface area contributed by atoms with Crippen molar-refractivity contribution in [1.82, 2.24) is 0 Å². The average molecular weight is 410 g/mol. The van der Waals surface area contributed by atoms with Gasteiger partial charge < -0.3 is 15.4 Å². The number of amides is 1. The first-order valence-electron chi connectivity index (χ1n) is 8.74. The van der Waals surface area contributed by atoms with E-state index in [1.807, 2.05) is 18.2 Å². The molecule has 0 spiro atoms. The van der Waals surface area contributed by atoms with E-state index in [1.54, 1.807) is 30.3 Å². The van der Waals surface area contributed by atoms with Gasteiger partial charge in [-0.3, -0.25) is 4.79 Å². The normalized spacial score (nSPS) is 10.1. The van der Waals surface area contributed by atoms with Crippen molar-refractivity contribution in [1.29, 1.82) is 5.26 Å². The van der Waals surface area contributed by atoms with Crippen molar-refractivity contribution in [2.24, 2.45) is 0 Å². The molecule has 0 saturated heterocycles. The highest BCUT2D eigenvalue weighted by atomic mass is 35.5. The van der Waals surface area contributed by atoms with Crippen LogP contribution >= 0.6 is 11.6 Å². The van der Waals surface area contributed by atoms with Crippen molar-refractivity contribution in [3.63, 3.8) is 0 Å². The number of hydrogen-bond donors (Lipinski definition) is 2. The molecule has 0 radical (unpaired) electrons. The number of benzene rings is 3. The summed E-state index contributed by atoms with van der Waals surface area (Å²) in [7, 11) is 0. The molecule has 146 valence electrons. The highest BCUT2D eigenvalue weighted by Gasteiger charge is 2.06. The zero-order valence-electron chi connectivity index (χ0n) is 15.3. The second-order valence-corrected chi connectivity index (χ2v) is 6.57. The van der Waals surface area contributed by atoms with E-state index in [0.717, 1.165) is 5.56 Å². The van der Waals surface area contributed by atoms with Gasteiger partial charge in [-0.1, -0.05) is 29.8 Å². The highest BCUT2D eigenvalue weighted by Crippen LogP contribution is 2.20. The van der Waals surface area contributed by atoms with Crippen LogP contribution in [0, 0.1) is 17.1 Å². The van der Waals surface area contributed by atoms with Gasteiger partial charge in [-0.15, -0.1) is 0 Å². The fraction of sp³-hybridized carbons (Fsp3) is 0.0909. The summed E-state index contributed by atoms with van der Waals surface area (Å²) in [6.45, 7) is 0.341. The van der Waals surface area contributed by atoms with Crippen LogP contribution in [0.15, 0.2) is 66.7 Å². The Balaban J connectivity index is 1.53. The lowest BCUT2D eigenvalue weighted by Gasteiger charge is -2.11. The van der Waals surface area contributed by atoms with Gasteiger partial charge in [-0.25, -0.2) is 4.39 Å². The Morgan fingerprint density at radius 2 is 1.90 bits per heavy atom. The smallest absolute Gasteiger partial charge is 0.243 e. The van der Waals surface area contributed by atoms with Gasteiger partial charge in [-0.2, -0.15) is 5.26 Å². The molecule has 0 unspecified atom stereocenters. The number of hydrogen-bond acceptors (Lipinski definition) is 4. The van der Waals surface area contributed by atoms with E-state index in [4.69, 9.17) is 21.6 Å². The Kier molecular flexibility index (Phi) is 6.67. The van der Waals surface area contributed by atoms with Gasteiger partial charge in [0, 0.05) is 17.4 Å². The number of ether oxygens (including phenoxy) is 1. The van der Waals surface area contributed by atoms with Gasteiger partial charge in [0.05, 0.1) is 23.2 Å². The molecule has 0 heterocycles. The fourth-order valence-corrected chi connectivity index (χ4v) is 2.74. The summed E-state index contributed by atoms with van der Waals surface area (Å²) in [4.78, 5) is 12.1. The van der Waals surface area contributed by atoms with Crippen LogP contribution in [0.2, 0.25) is 5.02 Å². The number of nitriles is 1. The molecule has 0 aliphatic rings. The highest BCUT2D eigenvalue weighted by molar-refractivity contribution is 6.31. The SMILES string of the molecule is N#Cc1cccc(COc2cccc(NCC(=O)Nc3ccc(F)c(Cl)c3)c2)c1. The fourth-order valence-electron chi connectivity index (χ4n) is 2.55. The summed E-state index contributed by atoms with van der Waals surface area (Å²) in [6.07, 6.45) is 0. The molecule has 0 aliphatic heterocycles. The largest absolute Gasteiger partial charge is 0.489 e. The van der Waals surface area contributed by atoms with Gasteiger partial charge in [0.2, 0.25) is 5.91 Å². The Hall–Kier alpha value is -3.56. The minimum absolute atomic E-state index is 0.0165. The molecular formula is C22H17ClFN3O2. The number of carbonyl (C=O) groups is 1. The molecule has 3 rings (SSSR count). The van der Waals surface area contributed by atoms with Crippen LogP contribution in [0.3, 0.4) is 0 Å². The molecule has 0 aliphatic carbocycles. The number of nitrogens with one attached hydrogen (secondary N) is 2. The lowest BCUT2D eigenvalue weighted by atomic mass is 10.1. The summed E-state index contributed by atoms with van der Waals surface area (Å²) in [5.74, 6) is -0.214. The van der Waals surface area contributed by atoms with E-state index in [1.165, 1.54) is 18.2 Å². The van der Waals surface area contributed by atoms with Gasteiger partial charge in [0.15, 0.2) is 0 Å². The van der Waals surface area contributed by atoms with E-state index in [2.05, 4.69) is 16.7 Å². The number of halogens is 2. The maximum Gasteiger partial charge on any atom is 0.243 e. The molecule has 0 fully saturated rings. The number of anilines is 2. The zero-order valence-corrected chi connectivity index (χ0v) is 16.0. The Bertz CT molecular complexity index is 1070. The van der Waals surface area contributed by atoms with Crippen LogP contribution in [-0.2, 0) is 11.4 Å². The third kappa shape index (κ3) is 5.96. The van der Waals surface area contributed by atoms with Crippen molar-refractivity contribution >= 4 is 28.9 Å². The standard InChI is InChI=1S/C22H17ClFN3O2/c23-20-11-18(7-8-21(20)24)27-22(28)13-26-17-5-2-6-19(10-17)29-14-16-4-1-3-15(9-16)12-25/h1-11,26H,13-14H2,(H,27,28). The molecule has 3 aromatic rings. The van der Waals surface area contributed by atoms with Gasteiger partial charge in [-0.05, 0) is 48.0 Å². The van der Waals surface area contributed by atoms with Crippen LogP contribution in [0.1, 0.15) is 11.1 Å². The summed E-state index contributed by atoms with van der Waals surface area (Å²) in [6, 6.07) is 20.5. The lowest BCUT2D eigenvalue weighted by Crippen LogP contribution is -2.21. The molecular weight excluding hydrogens is 393 g/mol. The summed E-state index contributed by atoms with van der Waals surface area (Å²) >= 11 is 5.71. The monoisotopic (exact) mass is 409 g/mol. The molecule has 5 nitrogen and oxygen atoms in total. The minimum Gasteiger partial charge on any atom is -0.489 e. The molecule has 7 heteroatoms. The molecule has 29 heavy (non-hydrogen) atoms. The Morgan fingerprint density at radius 1 is 1.07 bits per heavy atom. The minimum atomic E-state index is -0.543. The maximum absolute atomic E-state index is 13.2. The summed E-state index contributed by atoms with van der Waals surface area (Å²) in [5.41, 5.74) is 2.59. The van der Waals surface area contributed by atoms with Crippen molar-refractivity contribution in [2.75, 3.05) is 17.2 Å². The van der Waals surface area contributed by atoms with Gasteiger partial charge >= 0.3 is 0 Å². The third-order valence-electron chi connectivity index (χ3n) is 3.95. The van der Waals surface area contributed by atoms with E-state index >= 15 is 0 Å². The number of carbonyl (C=O) groups excluding carboxylic acids is 1. The second-order valence-electron chi connectivity index (χ2n) is 6.16. The van der Waals surface area contributed by atoms with Crippen molar-refractivity contribution < 1.29 is 13.9 Å². The summed E-state index contributed by atoms with van der Waals surface area (Å²) in [5, 5.41) is 14.5. The predicted molar refractivity (Wildman–Crippen MR) is 110 cm³/mol. The van der Waals surface area contributed by atoms with E-state index in [-0.39, 0.29) is 17.5 Å². The van der Waals surface area contributed by atoms with Crippen molar-refractivity contribution in [3.8, 4) is 11.8 Å². The van der Waals surface area contributed by atoms with Gasteiger partial charge in [0.25, 0.3) is 0 Å². The Labute approximate surface area is 172 Å². The van der Waals surface area contributed by atoms with E-state index < -0.39 is 5.82 Å². The lowest BCUT2D eigenvalue weighted by molar-refractivity contribution is -0.114. The van der Waals surface area contributed by atoms with Crippen molar-refractivity contribution in [3.05, 3.63) is 88.7 Å². The number of rotatable bonds is 7. The van der Waals surface area contributed by atoms with E-state index in [0.29, 0.717) is 29.3 Å². The molecule has 0 bridgehead atoms. The molecule has 0 aromatic heterocycles. The van der Waals surface area contributed by atoms with E-state index in [9.17, 15) is 9.18 Å². The quantitative estimate of drug-likeness (QED) is 0.577. The van der Waals surface area contributed by atoms with Crippen LogP contribution in [0.4, 0.5) is 15.8 Å². The van der Waals surface area contributed by atoms with Gasteiger partial charge in [0.1, 0.15) is 18.2 Å². The molecule has 2 N–H and O–H groups in total. The molecule has 1 amide bonds. The maximum atomic E-state index is 13.2. The first-order valence-corrected chi connectivity index (χ1v) is 9.12. The Morgan fingerprint density at radius 3 is 2.69 bits per heavy atom. The third-order valence-corrected chi connectivity index (χ3v) is 4.24. The predicted octanol–water partition coefficient (Wildman–Crippen LogP) is 4.98.